The molecule has 1 N–H and O–H groups in total. The SMILES string of the molecule is CC.[B]C(=O)c1c[nH]c2cc(COC(=O)C3OC(OC)C4OC(C)(C)OC34)ccc12. The fourth-order valence-corrected chi connectivity index (χ4v) is 3.64. The van der Waals surface area contributed by atoms with Crippen LogP contribution in [0.5, 0.6) is 0 Å². The van der Waals surface area contributed by atoms with E-state index in [-0.39, 0.29) is 6.61 Å². The summed E-state index contributed by atoms with van der Waals surface area (Å²) in [6.07, 6.45) is -1.19. The molecule has 4 unspecified atom stereocenters. The Morgan fingerprint density at radius 1 is 1.20 bits per heavy atom. The largest absolute Gasteiger partial charge is 0.459 e. The molecule has 4 atom stereocenters. The number of nitrogens with one attached hydrogen (secondary N) is 1. The molecule has 160 valence electrons. The summed E-state index contributed by atoms with van der Waals surface area (Å²) in [5, 5.41) is 0.714. The van der Waals surface area contributed by atoms with E-state index in [1.54, 1.807) is 38.2 Å². The molecule has 4 rings (SSSR count). The van der Waals surface area contributed by atoms with Crippen LogP contribution in [0, 0.1) is 0 Å². The third-order valence-corrected chi connectivity index (χ3v) is 4.87. The quantitative estimate of drug-likeness (QED) is 0.592. The maximum absolute atomic E-state index is 12.6. The Bertz CT molecular complexity index is 925. The maximum atomic E-state index is 12.6. The van der Waals surface area contributed by atoms with Crippen molar-refractivity contribution in [3.05, 3.63) is 35.5 Å². The van der Waals surface area contributed by atoms with E-state index < -0.39 is 42.0 Å². The minimum absolute atomic E-state index is 0.0405. The van der Waals surface area contributed by atoms with Crippen LogP contribution in [0.2, 0.25) is 0 Å². The molecule has 0 aliphatic carbocycles. The molecule has 1 aromatic heterocycles. The lowest BCUT2D eigenvalue weighted by Gasteiger charge is -2.22. The number of ether oxygens (including phenoxy) is 5. The van der Waals surface area contributed by atoms with Gasteiger partial charge in [-0.2, -0.15) is 0 Å². The number of rotatable bonds is 5. The lowest BCUT2D eigenvalue weighted by atomic mass is 9.94. The predicted molar refractivity (Wildman–Crippen MR) is 109 cm³/mol. The van der Waals surface area contributed by atoms with Crippen molar-refractivity contribution in [3.8, 4) is 0 Å². The molecule has 8 nitrogen and oxygen atoms in total. The number of esters is 1. The average Bonchev–Trinajstić information content (AvgIpc) is 3.37. The van der Waals surface area contributed by atoms with Crippen molar-refractivity contribution in [1.82, 2.24) is 4.98 Å². The molecule has 2 saturated heterocycles. The summed E-state index contributed by atoms with van der Waals surface area (Å²) < 4.78 is 27.9. The zero-order valence-corrected chi connectivity index (χ0v) is 17.8. The fraction of sp³-hybridized carbons (Fsp3) is 0.524. The van der Waals surface area contributed by atoms with Crippen LogP contribution in [0.15, 0.2) is 24.4 Å². The lowest BCUT2D eigenvalue weighted by Crippen LogP contribution is -2.36. The monoisotopic (exact) mass is 415 g/mol. The Kier molecular flexibility index (Phi) is 6.67. The Hall–Kier alpha value is -2.20. The van der Waals surface area contributed by atoms with Crippen LogP contribution in [-0.4, -0.2) is 62.0 Å². The zero-order chi connectivity index (χ0) is 22.1. The fourth-order valence-electron chi connectivity index (χ4n) is 3.64. The van der Waals surface area contributed by atoms with E-state index in [1.807, 2.05) is 13.8 Å². The van der Waals surface area contributed by atoms with Gasteiger partial charge in [0.1, 0.15) is 24.5 Å². The van der Waals surface area contributed by atoms with Gasteiger partial charge in [0.15, 0.2) is 26.0 Å². The lowest BCUT2D eigenvalue weighted by molar-refractivity contribution is -0.230. The van der Waals surface area contributed by atoms with Crippen LogP contribution in [-0.2, 0) is 35.1 Å². The molecule has 2 fully saturated rings. The van der Waals surface area contributed by atoms with Crippen molar-refractivity contribution < 1.29 is 33.3 Å². The van der Waals surface area contributed by atoms with Crippen LogP contribution in [0.4, 0.5) is 0 Å². The van der Waals surface area contributed by atoms with Gasteiger partial charge in [0, 0.05) is 29.8 Å². The minimum atomic E-state index is -0.938. The highest BCUT2D eigenvalue weighted by Gasteiger charge is 2.58. The standard InChI is InChI=1S/C19H20BNO7.C2H6/c1-19(2)27-13-14(26-18(24-3)15(13)28-19)17(23)25-8-9-4-5-10-11(16(20)22)7-21-12(10)6-9;1-2/h4-7,13-15,18,21H,8H2,1-3H3;1-2H3. The number of H-pyrrole nitrogens is 1. The molecule has 1 aromatic carbocycles. The van der Waals surface area contributed by atoms with Crippen LogP contribution >= 0.6 is 0 Å². The number of carbonyl (C=O) groups is 2. The van der Waals surface area contributed by atoms with Gasteiger partial charge in [0.25, 0.3) is 0 Å². The number of hydrogen-bond acceptors (Lipinski definition) is 7. The highest BCUT2D eigenvalue weighted by atomic mass is 16.8. The van der Waals surface area contributed by atoms with Crippen molar-refractivity contribution in [2.24, 2.45) is 0 Å². The van der Waals surface area contributed by atoms with Gasteiger partial charge in [-0.1, -0.05) is 26.0 Å². The summed E-state index contributed by atoms with van der Waals surface area (Å²) in [5.41, 5.74) is 1.39. The Morgan fingerprint density at radius 2 is 1.90 bits per heavy atom. The first-order chi connectivity index (χ1) is 14.3. The Balaban J connectivity index is 0.00000124. The number of hydrogen-bond donors (Lipinski definition) is 1. The molecule has 2 aromatic rings. The third kappa shape index (κ3) is 4.29. The molecule has 0 saturated carbocycles. The first-order valence-electron chi connectivity index (χ1n) is 9.89. The van der Waals surface area contributed by atoms with Crippen molar-refractivity contribution in [3.63, 3.8) is 0 Å². The summed E-state index contributed by atoms with van der Waals surface area (Å²) in [4.78, 5) is 27.0. The number of fused-ring (bicyclic) bond motifs is 2. The van der Waals surface area contributed by atoms with Crippen molar-refractivity contribution >= 4 is 30.4 Å². The van der Waals surface area contributed by atoms with Crippen molar-refractivity contribution in [1.29, 1.82) is 0 Å². The molecular formula is C21H26BNO7. The average molecular weight is 415 g/mol. The summed E-state index contributed by atoms with van der Waals surface area (Å²) in [6, 6.07) is 5.32. The Labute approximate surface area is 176 Å². The van der Waals surface area contributed by atoms with Gasteiger partial charge < -0.3 is 33.5 Å². The molecule has 0 bridgehead atoms. The number of benzene rings is 1. The van der Waals surface area contributed by atoms with Crippen molar-refractivity contribution in [2.45, 2.75) is 64.7 Å². The Morgan fingerprint density at radius 3 is 2.57 bits per heavy atom. The van der Waals surface area contributed by atoms with Crippen LogP contribution in [0.25, 0.3) is 10.9 Å². The van der Waals surface area contributed by atoms with E-state index in [1.165, 1.54) is 7.11 Å². The number of aromatic nitrogens is 1. The highest BCUT2D eigenvalue weighted by Crippen LogP contribution is 2.39. The smallest absolute Gasteiger partial charge is 0.338 e. The first-order valence-corrected chi connectivity index (χ1v) is 9.89. The number of methoxy groups -OCH3 is 1. The summed E-state index contributed by atoms with van der Waals surface area (Å²) in [5.74, 6) is -1.38. The van der Waals surface area contributed by atoms with E-state index in [2.05, 4.69) is 4.98 Å². The summed E-state index contributed by atoms with van der Waals surface area (Å²) >= 11 is 0. The minimum Gasteiger partial charge on any atom is -0.459 e. The number of carbonyl (C=O) groups excluding carboxylic acids is 2. The van der Waals surface area contributed by atoms with E-state index in [4.69, 9.17) is 31.5 Å². The van der Waals surface area contributed by atoms with Gasteiger partial charge in [0.2, 0.25) is 0 Å². The van der Waals surface area contributed by atoms with Crippen LogP contribution in [0.3, 0.4) is 0 Å². The predicted octanol–water partition coefficient (Wildman–Crippen LogP) is 2.44. The van der Waals surface area contributed by atoms with Crippen molar-refractivity contribution in [2.75, 3.05) is 7.11 Å². The second kappa shape index (κ2) is 8.89. The molecule has 0 spiro atoms. The second-order valence-corrected chi connectivity index (χ2v) is 7.28. The third-order valence-electron chi connectivity index (χ3n) is 4.87. The van der Waals surface area contributed by atoms with Gasteiger partial charge in [-0.25, -0.2) is 4.79 Å². The first kappa shape index (κ1) is 22.5. The molecule has 30 heavy (non-hydrogen) atoms. The topological polar surface area (TPSA) is 96.1 Å². The maximum Gasteiger partial charge on any atom is 0.338 e. The number of aromatic amines is 1. The summed E-state index contributed by atoms with van der Waals surface area (Å²) in [6.45, 7) is 7.58. The van der Waals surface area contributed by atoms with E-state index in [9.17, 15) is 9.59 Å². The molecular weight excluding hydrogens is 389 g/mol. The van der Waals surface area contributed by atoms with E-state index in [0.29, 0.717) is 10.9 Å². The molecule has 0 amide bonds. The van der Waals surface area contributed by atoms with Gasteiger partial charge in [-0.05, 0) is 25.5 Å². The zero-order valence-electron chi connectivity index (χ0n) is 17.8. The van der Waals surface area contributed by atoms with Gasteiger partial charge in [0.05, 0.1) is 0 Å². The molecule has 3 heterocycles. The van der Waals surface area contributed by atoms with Crippen LogP contribution in [0.1, 0.15) is 43.6 Å². The molecule has 9 heteroatoms. The normalized spacial score (nSPS) is 26.7. The molecule has 2 radical (unpaired) electrons. The van der Waals surface area contributed by atoms with E-state index in [0.717, 1.165) is 11.1 Å². The van der Waals surface area contributed by atoms with E-state index >= 15 is 0 Å². The summed E-state index contributed by atoms with van der Waals surface area (Å²) in [7, 11) is 6.82. The van der Waals surface area contributed by atoms with Crippen LogP contribution < -0.4 is 0 Å². The highest BCUT2D eigenvalue weighted by molar-refractivity contribution is 6.63. The van der Waals surface area contributed by atoms with Gasteiger partial charge in [-0.3, -0.25) is 0 Å². The van der Waals surface area contributed by atoms with Gasteiger partial charge in [-0.15, -0.1) is 0 Å². The van der Waals surface area contributed by atoms with Gasteiger partial charge >= 0.3 is 5.97 Å². The molecule has 2 aliphatic heterocycles. The molecule has 2 aliphatic rings. The second-order valence-electron chi connectivity index (χ2n) is 7.28.